The van der Waals surface area contributed by atoms with Crippen LogP contribution in [0.5, 0.6) is 5.75 Å². The van der Waals surface area contributed by atoms with E-state index in [9.17, 15) is 5.11 Å². The molecular weight excluding hydrogens is 284 g/mol. The highest BCUT2D eigenvalue weighted by Gasteiger charge is 2.31. The van der Waals surface area contributed by atoms with Gasteiger partial charge in [0, 0.05) is 16.6 Å². The molecule has 0 radical (unpaired) electrons. The first-order valence-electron chi connectivity index (χ1n) is 7.90. The molecule has 2 aromatic rings. The third kappa shape index (κ3) is 2.53. The highest BCUT2D eigenvalue weighted by Crippen LogP contribution is 2.39. The van der Waals surface area contributed by atoms with Gasteiger partial charge in [-0.15, -0.1) is 12.4 Å². The summed E-state index contributed by atoms with van der Waals surface area (Å²) in [5.74, 6) is 1.14. The fraction of sp³-hybridized carbons (Fsp3) is 0.529. The summed E-state index contributed by atoms with van der Waals surface area (Å²) >= 11 is 0. The standard InChI is InChI=1S/C17H22N2O.ClH/c20-12-6-7-15-14(10-12)13-8-9-18-16(17(13)19-15)11-4-2-1-3-5-11;/h6-7,10-11,16,18-20H,1-5,8-9H2;1H. The molecule has 1 atom stereocenters. The van der Waals surface area contributed by atoms with Crippen molar-refractivity contribution >= 4 is 23.3 Å². The quantitative estimate of drug-likeness (QED) is 0.744. The van der Waals surface area contributed by atoms with Crippen LogP contribution in [0, 0.1) is 5.92 Å². The maximum absolute atomic E-state index is 9.74. The van der Waals surface area contributed by atoms with Crippen molar-refractivity contribution in [2.75, 3.05) is 6.54 Å². The second kappa shape index (κ2) is 5.90. The Labute approximate surface area is 131 Å². The van der Waals surface area contributed by atoms with Gasteiger partial charge >= 0.3 is 0 Å². The molecule has 2 heterocycles. The first-order chi connectivity index (χ1) is 9.83. The predicted molar refractivity (Wildman–Crippen MR) is 88.2 cm³/mol. The minimum absolute atomic E-state index is 0. The Hall–Kier alpha value is -1.19. The number of hydrogen-bond acceptors (Lipinski definition) is 2. The van der Waals surface area contributed by atoms with E-state index in [0.29, 0.717) is 11.8 Å². The van der Waals surface area contributed by atoms with Gasteiger partial charge in [-0.2, -0.15) is 0 Å². The third-order valence-electron chi connectivity index (χ3n) is 5.09. The molecule has 21 heavy (non-hydrogen) atoms. The molecule has 3 nitrogen and oxygen atoms in total. The molecule has 2 aliphatic rings. The van der Waals surface area contributed by atoms with Crippen LogP contribution in [0.1, 0.15) is 49.4 Å². The number of hydrogen-bond donors (Lipinski definition) is 3. The average molecular weight is 307 g/mol. The first-order valence-corrected chi connectivity index (χ1v) is 7.90. The molecule has 1 saturated carbocycles. The number of benzene rings is 1. The Balaban J connectivity index is 0.00000132. The Morgan fingerprint density at radius 1 is 1.10 bits per heavy atom. The maximum Gasteiger partial charge on any atom is 0.116 e. The van der Waals surface area contributed by atoms with E-state index < -0.39 is 0 Å². The van der Waals surface area contributed by atoms with E-state index in [1.807, 2.05) is 12.1 Å². The van der Waals surface area contributed by atoms with Gasteiger partial charge in [-0.1, -0.05) is 19.3 Å². The summed E-state index contributed by atoms with van der Waals surface area (Å²) in [5, 5.41) is 14.7. The third-order valence-corrected chi connectivity index (χ3v) is 5.09. The fourth-order valence-electron chi connectivity index (χ4n) is 4.12. The molecule has 1 aliphatic heterocycles. The lowest BCUT2D eigenvalue weighted by molar-refractivity contribution is 0.262. The molecule has 3 N–H and O–H groups in total. The van der Waals surface area contributed by atoms with Crippen molar-refractivity contribution in [1.29, 1.82) is 0 Å². The second-order valence-corrected chi connectivity index (χ2v) is 6.33. The van der Waals surface area contributed by atoms with Crippen LogP contribution >= 0.6 is 12.4 Å². The lowest BCUT2D eigenvalue weighted by atomic mass is 9.80. The van der Waals surface area contributed by atoms with Gasteiger partial charge < -0.3 is 15.4 Å². The van der Waals surface area contributed by atoms with E-state index in [4.69, 9.17) is 0 Å². The van der Waals surface area contributed by atoms with Crippen LogP contribution in [-0.2, 0) is 6.42 Å². The Bertz CT molecular complexity index is 631. The molecule has 0 bridgehead atoms. The van der Waals surface area contributed by atoms with E-state index in [1.54, 1.807) is 6.07 Å². The van der Waals surface area contributed by atoms with Gasteiger partial charge in [0.1, 0.15) is 5.75 Å². The molecule has 1 fully saturated rings. The second-order valence-electron chi connectivity index (χ2n) is 6.33. The number of nitrogens with one attached hydrogen (secondary N) is 2. The van der Waals surface area contributed by atoms with Crippen molar-refractivity contribution in [3.8, 4) is 5.75 Å². The number of aromatic amines is 1. The van der Waals surface area contributed by atoms with E-state index in [1.165, 1.54) is 48.7 Å². The van der Waals surface area contributed by atoms with E-state index in [-0.39, 0.29) is 12.4 Å². The SMILES string of the molecule is Cl.Oc1ccc2[nH]c3c(c2c1)CCNC3C1CCCCC1. The van der Waals surface area contributed by atoms with Crippen molar-refractivity contribution in [1.82, 2.24) is 10.3 Å². The number of halogens is 1. The molecular formula is C17H23ClN2O. The van der Waals surface area contributed by atoms with Gasteiger partial charge in [-0.3, -0.25) is 0 Å². The van der Waals surface area contributed by atoms with Gasteiger partial charge in [0.25, 0.3) is 0 Å². The summed E-state index contributed by atoms with van der Waals surface area (Å²) in [7, 11) is 0. The normalized spacial score (nSPS) is 22.8. The van der Waals surface area contributed by atoms with Gasteiger partial charge in [0.2, 0.25) is 0 Å². The van der Waals surface area contributed by atoms with Gasteiger partial charge in [-0.05, 0) is 55.5 Å². The van der Waals surface area contributed by atoms with Gasteiger partial charge in [0.15, 0.2) is 0 Å². The fourth-order valence-corrected chi connectivity index (χ4v) is 4.12. The van der Waals surface area contributed by atoms with Crippen LogP contribution in [0.15, 0.2) is 18.2 Å². The summed E-state index contributed by atoms with van der Waals surface area (Å²) in [5.41, 5.74) is 3.96. The topological polar surface area (TPSA) is 48.0 Å². The summed E-state index contributed by atoms with van der Waals surface area (Å²) in [6.45, 7) is 1.05. The van der Waals surface area contributed by atoms with Crippen LogP contribution in [0.3, 0.4) is 0 Å². The zero-order chi connectivity index (χ0) is 13.5. The Morgan fingerprint density at radius 2 is 1.90 bits per heavy atom. The van der Waals surface area contributed by atoms with Crippen LogP contribution in [-0.4, -0.2) is 16.6 Å². The van der Waals surface area contributed by atoms with E-state index in [0.717, 1.165) is 24.4 Å². The molecule has 114 valence electrons. The molecule has 1 aromatic heterocycles. The smallest absolute Gasteiger partial charge is 0.116 e. The summed E-state index contributed by atoms with van der Waals surface area (Å²) < 4.78 is 0. The summed E-state index contributed by atoms with van der Waals surface area (Å²) in [6, 6.07) is 6.16. The van der Waals surface area contributed by atoms with Crippen molar-refractivity contribution in [2.45, 2.75) is 44.6 Å². The van der Waals surface area contributed by atoms with Crippen LogP contribution in [0.2, 0.25) is 0 Å². The zero-order valence-corrected chi connectivity index (χ0v) is 13.0. The Kier molecular flexibility index (Phi) is 4.14. The number of aromatic hydroxyl groups is 1. The molecule has 4 rings (SSSR count). The highest BCUT2D eigenvalue weighted by atomic mass is 35.5. The molecule has 0 amide bonds. The molecule has 0 spiro atoms. The average Bonchev–Trinajstić information content (AvgIpc) is 2.86. The lowest BCUT2D eigenvalue weighted by Crippen LogP contribution is -2.35. The monoisotopic (exact) mass is 306 g/mol. The molecule has 1 aliphatic carbocycles. The number of H-pyrrole nitrogens is 1. The lowest BCUT2D eigenvalue weighted by Gasteiger charge is -2.34. The van der Waals surface area contributed by atoms with Gasteiger partial charge in [0.05, 0.1) is 6.04 Å². The minimum Gasteiger partial charge on any atom is -0.508 e. The summed E-state index contributed by atoms with van der Waals surface area (Å²) in [4.78, 5) is 3.62. The van der Waals surface area contributed by atoms with Crippen molar-refractivity contribution < 1.29 is 5.11 Å². The number of phenols is 1. The maximum atomic E-state index is 9.74. The largest absolute Gasteiger partial charge is 0.508 e. The highest BCUT2D eigenvalue weighted by molar-refractivity contribution is 5.86. The number of rotatable bonds is 1. The van der Waals surface area contributed by atoms with Crippen molar-refractivity contribution in [3.63, 3.8) is 0 Å². The first kappa shape index (κ1) is 14.7. The Morgan fingerprint density at radius 3 is 2.71 bits per heavy atom. The van der Waals surface area contributed by atoms with E-state index in [2.05, 4.69) is 10.3 Å². The van der Waals surface area contributed by atoms with Crippen LogP contribution in [0.25, 0.3) is 10.9 Å². The summed E-state index contributed by atoms with van der Waals surface area (Å²) in [6.07, 6.45) is 7.90. The molecule has 1 unspecified atom stereocenters. The van der Waals surface area contributed by atoms with Gasteiger partial charge in [-0.25, -0.2) is 0 Å². The minimum atomic E-state index is 0. The number of fused-ring (bicyclic) bond motifs is 3. The molecule has 4 heteroatoms. The predicted octanol–water partition coefficient (Wildman–Crippen LogP) is 4.06. The van der Waals surface area contributed by atoms with Crippen molar-refractivity contribution in [2.24, 2.45) is 5.92 Å². The zero-order valence-electron chi connectivity index (χ0n) is 12.2. The molecule has 1 aromatic carbocycles. The van der Waals surface area contributed by atoms with Crippen LogP contribution in [0.4, 0.5) is 0 Å². The van der Waals surface area contributed by atoms with Crippen molar-refractivity contribution in [3.05, 3.63) is 29.5 Å². The van der Waals surface area contributed by atoms with Crippen LogP contribution < -0.4 is 5.32 Å². The number of phenolic OH excluding ortho intramolecular Hbond substituents is 1. The van der Waals surface area contributed by atoms with E-state index >= 15 is 0 Å². The molecule has 0 saturated heterocycles. The number of aromatic nitrogens is 1.